The zero-order valence-electron chi connectivity index (χ0n) is 9.33. The Hall–Kier alpha value is -0.830. The van der Waals surface area contributed by atoms with E-state index in [2.05, 4.69) is 36.5 Å². The summed E-state index contributed by atoms with van der Waals surface area (Å²) in [6.45, 7) is 2.16. The van der Waals surface area contributed by atoms with Gasteiger partial charge in [-0.15, -0.1) is 11.3 Å². The first kappa shape index (κ1) is 11.6. The molecule has 84 valence electrons. The molecule has 1 heterocycles. The van der Waals surface area contributed by atoms with E-state index in [1.165, 1.54) is 15.3 Å². The zero-order chi connectivity index (χ0) is 11.5. The third kappa shape index (κ3) is 2.46. The van der Waals surface area contributed by atoms with Crippen molar-refractivity contribution in [2.24, 2.45) is 0 Å². The van der Waals surface area contributed by atoms with Gasteiger partial charge in [0.1, 0.15) is 0 Å². The third-order valence-electron chi connectivity index (χ3n) is 2.62. The van der Waals surface area contributed by atoms with Crippen molar-refractivity contribution in [1.29, 1.82) is 0 Å². The van der Waals surface area contributed by atoms with Crippen LogP contribution in [0.2, 0.25) is 5.02 Å². The Morgan fingerprint density at radius 1 is 1.12 bits per heavy atom. The van der Waals surface area contributed by atoms with Crippen molar-refractivity contribution in [3.8, 4) is 10.4 Å². The van der Waals surface area contributed by atoms with Crippen LogP contribution in [0.15, 0.2) is 36.4 Å². The molecular formula is C13H14ClNS. The Morgan fingerprint density at radius 3 is 2.44 bits per heavy atom. The van der Waals surface area contributed by atoms with Crippen LogP contribution in [0.1, 0.15) is 17.8 Å². The van der Waals surface area contributed by atoms with E-state index in [1.807, 2.05) is 30.5 Å². The molecule has 1 nitrogen and oxygen atoms in total. The molecule has 1 unspecified atom stereocenters. The largest absolute Gasteiger partial charge is 0.313 e. The quantitative estimate of drug-likeness (QED) is 0.855. The molecule has 1 aromatic heterocycles. The standard InChI is InChI=1S/C13H14ClNS/c1-9(15-2)12-7-8-13(16-12)10-3-5-11(14)6-4-10/h3-9,15H,1-2H3. The van der Waals surface area contributed by atoms with Gasteiger partial charge in [-0.1, -0.05) is 23.7 Å². The van der Waals surface area contributed by atoms with E-state index in [1.54, 1.807) is 0 Å². The molecule has 1 atom stereocenters. The highest BCUT2D eigenvalue weighted by Gasteiger charge is 2.07. The monoisotopic (exact) mass is 251 g/mol. The molecule has 0 aliphatic carbocycles. The van der Waals surface area contributed by atoms with Crippen molar-refractivity contribution in [3.63, 3.8) is 0 Å². The topological polar surface area (TPSA) is 12.0 Å². The highest BCUT2D eigenvalue weighted by molar-refractivity contribution is 7.15. The molecule has 1 N–H and O–H groups in total. The Labute approximate surface area is 105 Å². The number of benzene rings is 1. The lowest BCUT2D eigenvalue weighted by atomic mass is 10.2. The summed E-state index contributed by atoms with van der Waals surface area (Å²) < 4.78 is 0. The Bertz CT molecular complexity index is 461. The maximum atomic E-state index is 5.87. The molecule has 0 radical (unpaired) electrons. The smallest absolute Gasteiger partial charge is 0.0406 e. The predicted molar refractivity (Wildman–Crippen MR) is 72.2 cm³/mol. The van der Waals surface area contributed by atoms with Gasteiger partial charge in [0.05, 0.1) is 0 Å². The van der Waals surface area contributed by atoms with E-state index in [-0.39, 0.29) is 0 Å². The number of hydrogen-bond acceptors (Lipinski definition) is 2. The summed E-state index contributed by atoms with van der Waals surface area (Å²) in [5.41, 5.74) is 1.23. The maximum Gasteiger partial charge on any atom is 0.0406 e. The van der Waals surface area contributed by atoms with E-state index < -0.39 is 0 Å². The second-order valence-corrected chi connectivity index (χ2v) is 5.27. The fraction of sp³-hybridized carbons (Fsp3) is 0.231. The molecule has 16 heavy (non-hydrogen) atoms. The molecule has 0 amide bonds. The molecule has 2 rings (SSSR count). The van der Waals surface area contributed by atoms with Crippen LogP contribution in [0.4, 0.5) is 0 Å². The molecule has 0 spiro atoms. The average Bonchev–Trinajstić information content (AvgIpc) is 2.78. The van der Waals surface area contributed by atoms with Crippen LogP contribution in [0, 0.1) is 0 Å². The fourth-order valence-electron chi connectivity index (χ4n) is 1.50. The predicted octanol–water partition coefficient (Wildman–Crippen LogP) is 4.35. The van der Waals surface area contributed by atoms with Gasteiger partial charge in [-0.25, -0.2) is 0 Å². The molecule has 0 saturated heterocycles. The van der Waals surface area contributed by atoms with Crippen LogP contribution < -0.4 is 5.32 Å². The molecular weight excluding hydrogens is 238 g/mol. The molecule has 3 heteroatoms. The van der Waals surface area contributed by atoms with Crippen LogP contribution in [-0.2, 0) is 0 Å². The van der Waals surface area contributed by atoms with Crippen molar-refractivity contribution >= 4 is 22.9 Å². The Kier molecular flexibility index (Phi) is 3.64. The summed E-state index contributed by atoms with van der Waals surface area (Å²) >= 11 is 7.69. The second kappa shape index (κ2) is 5.00. The molecule has 0 aliphatic rings. The molecule has 0 aliphatic heterocycles. The minimum atomic E-state index is 0.408. The van der Waals surface area contributed by atoms with Crippen molar-refractivity contribution in [1.82, 2.24) is 5.32 Å². The number of thiophene rings is 1. The summed E-state index contributed by atoms with van der Waals surface area (Å²) in [5, 5.41) is 4.03. The average molecular weight is 252 g/mol. The molecule has 0 bridgehead atoms. The lowest BCUT2D eigenvalue weighted by molar-refractivity contribution is 0.664. The first-order valence-electron chi connectivity index (χ1n) is 5.23. The van der Waals surface area contributed by atoms with Gasteiger partial charge < -0.3 is 5.32 Å². The van der Waals surface area contributed by atoms with Crippen molar-refractivity contribution in [2.75, 3.05) is 7.05 Å². The lowest BCUT2D eigenvalue weighted by Gasteiger charge is -2.05. The van der Waals surface area contributed by atoms with Gasteiger partial charge in [0.2, 0.25) is 0 Å². The summed E-state index contributed by atoms with van der Waals surface area (Å²) in [6, 6.07) is 12.7. The van der Waals surface area contributed by atoms with E-state index >= 15 is 0 Å². The van der Waals surface area contributed by atoms with Gasteiger partial charge in [0.15, 0.2) is 0 Å². The van der Waals surface area contributed by atoms with E-state index in [4.69, 9.17) is 11.6 Å². The SMILES string of the molecule is CNC(C)c1ccc(-c2ccc(Cl)cc2)s1. The van der Waals surface area contributed by atoms with Gasteiger partial charge >= 0.3 is 0 Å². The van der Waals surface area contributed by atoms with Crippen LogP contribution in [0.25, 0.3) is 10.4 Å². The highest BCUT2D eigenvalue weighted by Crippen LogP contribution is 2.31. The van der Waals surface area contributed by atoms with Crippen LogP contribution >= 0.6 is 22.9 Å². The zero-order valence-corrected chi connectivity index (χ0v) is 10.9. The maximum absolute atomic E-state index is 5.87. The van der Waals surface area contributed by atoms with Crippen LogP contribution in [0.3, 0.4) is 0 Å². The van der Waals surface area contributed by atoms with Gasteiger partial charge in [-0.3, -0.25) is 0 Å². The normalized spacial score (nSPS) is 12.7. The van der Waals surface area contributed by atoms with Gasteiger partial charge in [-0.05, 0) is 43.8 Å². The van der Waals surface area contributed by atoms with Gasteiger partial charge in [0.25, 0.3) is 0 Å². The van der Waals surface area contributed by atoms with E-state index in [0.29, 0.717) is 6.04 Å². The molecule has 1 aromatic carbocycles. The Balaban J connectivity index is 2.28. The van der Waals surface area contributed by atoms with Crippen LogP contribution in [0.5, 0.6) is 0 Å². The van der Waals surface area contributed by atoms with Crippen molar-refractivity contribution < 1.29 is 0 Å². The summed E-state index contributed by atoms with van der Waals surface area (Å²) in [5.74, 6) is 0. The second-order valence-electron chi connectivity index (χ2n) is 3.72. The summed E-state index contributed by atoms with van der Waals surface area (Å²) in [4.78, 5) is 2.64. The van der Waals surface area contributed by atoms with Crippen molar-refractivity contribution in [3.05, 3.63) is 46.3 Å². The number of nitrogens with one attached hydrogen (secondary N) is 1. The Morgan fingerprint density at radius 2 is 1.81 bits per heavy atom. The summed E-state index contributed by atoms with van der Waals surface area (Å²) in [6.07, 6.45) is 0. The number of rotatable bonds is 3. The van der Waals surface area contributed by atoms with E-state index in [0.717, 1.165) is 5.02 Å². The lowest BCUT2D eigenvalue weighted by Crippen LogP contribution is -2.10. The molecule has 2 aromatic rings. The highest BCUT2D eigenvalue weighted by atomic mass is 35.5. The first-order chi connectivity index (χ1) is 7.70. The molecule has 0 fully saturated rings. The minimum Gasteiger partial charge on any atom is -0.313 e. The fourth-order valence-corrected chi connectivity index (χ4v) is 2.70. The van der Waals surface area contributed by atoms with Crippen LogP contribution in [-0.4, -0.2) is 7.05 Å². The van der Waals surface area contributed by atoms with Crippen molar-refractivity contribution in [2.45, 2.75) is 13.0 Å². The number of hydrogen-bond donors (Lipinski definition) is 1. The van der Waals surface area contributed by atoms with Gasteiger partial charge in [0, 0.05) is 20.8 Å². The first-order valence-corrected chi connectivity index (χ1v) is 6.43. The van der Waals surface area contributed by atoms with Gasteiger partial charge in [-0.2, -0.15) is 0 Å². The summed E-state index contributed by atoms with van der Waals surface area (Å²) in [7, 11) is 1.98. The third-order valence-corrected chi connectivity index (χ3v) is 4.18. The number of halogens is 1. The molecule has 0 saturated carbocycles. The minimum absolute atomic E-state index is 0.408. The van der Waals surface area contributed by atoms with E-state index in [9.17, 15) is 0 Å².